The summed E-state index contributed by atoms with van der Waals surface area (Å²) in [6.07, 6.45) is 0. The van der Waals surface area contributed by atoms with Crippen LogP contribution in [0.1, 0.15) is 24.2 Å². The van der Waals surface area contributed by atoms with Gasteiger partial charge in [0, 0.05) is 11.1 Å². The van der Waals surface area contributed by atoms with Crippen molar-refractivity contribution in [2.75, 3.05) is 0 Å². The van der Waals surface area contributed by atoms with Crippen molar-refractivity contribution in [3.8, 4) is 6.07 Å². The molecular formula is C12H12ClN3O3. The van der Waals surface area contributed by atoms with Crippen molar-refractivity contribution in [2.45, 2.75) is 19.9 Å². The molecule has 0 saturated carbocycles. The van der Waals surface area contributed by atoms with E-state index in [9.17, 15) is 14.9 Å². The zero-order valence-corrected chi connectivity index (χ0v) is 11.1. The van der Waals surface area contributed by atoms with E-state index < -0.39 is 16.9 Å². The van der Waals surface area contributed by atoms with E-state index in [0.717, 1.165) is 6.07 Å². The molecule has 0 aliphatic carbocycles. The fraction of sp³-hybridized carbons (Fsp3) is 0.333. The van der Waals surface area contributed by atoms with E-state index in [2.05, 4.69) is 5.32 Å². The summed E-state index contributed by atoms with van der Waals surface area (Å²) in [5.74, 6) is -0.790. The maximum Gasteiger partial charge on any atom is 0.282 e. The van der Waals surface area contributed by atoms with Crippen molar-refractivity contribution in [3.05, 3.63) is 38.9 Å². The van der Waals surface area contributed by atoms with Crippen LogP contribution in [0.3, 0.4) is 0 Å². The van der Waals surface area contributed by atoms with E-state index in [0.29, 0.717) is 0 Å². The van der Waals surface area contributed by atoms with Crippen molar-refractivity contribution in [3.63, 3.8) is 0 Å². The zero-order chi connectivity index (χ0) is 14.6. The van der Waals surface area contributed by atoms with Crippen molar-refractivity contribution >= 4 is 23.2 Å². The summed E-state index contributed by atoms with van der Waals surface area (Å²) >= 11 is 5.73. The number of nitrogens with zero attached hydrogens (tertiary/aromatic N) is 2. The summed E-state index contributed by atoms with van der Waals surface area (Å²) in [6.45, 7) is 3.53. The summed E-state index contributed by atoms with van der Waals surface area (Å²) in [6, 6.07) is 4.92. The van der Waals surface area contributed by atoms with Crippen molar-refractivity contribution in [1.29, 1.82) is 5.26 Å². The van der Waals surface area contributed by atoms with Gasteiger partial charge < -0.3 is 5.32 Å². The fourth-order valence-corrected chi connectivity index (χ4v) is 1.59. The van der Waals surface area contributed by atoms with Crippen molar-refractivity contribution in [1.82, 2.24) is 5.32 Å². The number of nitriles is 1. The molecule has 0 radical (unpaired) electrons. The van der Waals surface area contributed by atoms with E-state index in [4.69, 9.17) is 16.9 Å². The molecule has 1 amide bonds. The number of carbonyl (C=O) groups is 1. The molecule has 0 saturated heterocycles. The van der Waals surface area contributed by atoms with Gasteiger partial charge in [0.15, 0.2) is 0 Å². The average molecular weight is 282 g/mol. The summed E-state index contributed by atoms with van der Waals surface area (Å²) in [5, 5.41) is 22.4. The predicted octanol–water partition coefficient (Wildman–Crippen LogP) is 2.53. The van der Waals surface area contributed by atoms with Crippen LogP contribution in [-0.4, -0.2) is 16.9 Å². The van der Waals surface area contributed by atoms with Crippen LogP contribution in [0, 0.1) is 27.4 Å². The number of halogens is 1. The first-order valence-electron chi connectivity index (χ1n) is 5.51. The first-order chi connectivity index (χ1) is 8.86. The van der Waals surface area contributed by atoms with Gasteiger partial charge in [0.05, 0.1) is 11.0 Å². The normalized spacial score (nSPS) is 11.7. The lowest BCUT2D eigenvalue weighted by molar-refractivity contribution is -0.385. The molecule has 0 fully saturated rings. The van der Waals surface area contributed by atoms with Crippen LogP contribution >= 0.6 is 11.6 Å². The van der Waals surface area contributed by atoms with Crippen LogP contribution in [-0.2, 0) is 0 Å². The molecule has 0 aromatic heterocycles. The number of benzene rings is 1. The average Bonchev–Trinajstić information content (AvgIpc) is 2.34. The Labute approximate surface area is 115 Å². The lowest BCUT2D eigenvalue weighted by Crippen LogP contribution is -2.37. The first-order valence-corrected chi connectivity index (χ1v) is 5.89. The van der Waals surface area contributed by atoms with Gasteiger partial charge in [-0.25, -0.2) is 0 Å². The zero-order valence-electron chi connectivity index (χ0n) is 10.4. The molecule has 6 nitrogen and oxygen atoms in total. The van der Waals surface area contributed by atoms with Gasteiger partial charge in [0.25, 0.3) is 11.6 Å². The lowest BCUT2D eigenvalue weighted by atomic mass is 10.0. The minimum Gasteiger partial charge on any atom is -0.336 e. The SMILES string of the molecule is CC(C)C(C#N)NC(=O)c1cc(Cl)ccc1[N+](=O)[O-]. The topological polar surface area (TPSA) is 96.0 Å². The smallest absolute Gasteiger partial charge is 0.282 e. The number of nitro benzene ring substituents is 1. The molecule has 0 aliphatic heterocycles. The molecular weight excluding hydrogens is 270 g/mol. The third kappa shape index (κ3) is 3.66. The molecule has 100 valence electrons. The van der Waals surface area contributed by atoms with Crippen molar-refractivity contribution < 1.29 is 9.72 Å². The molecule has 0 aliphatic rings. The maximum atomic E-state index is 12.0. The molecule has 1 unspecified atom stereocenters. The Morgan fingerprint density at radius 1 is 1.53 bits per heavy atom. The third-order valence-corrected chi connectivity index (χ3v) is 2.73. The second-order valence-electron chi connectivity index (χ2n) is 4.24. The van der Waals surface area contributed by atoms with Crippen LogP contribution in [0.5, 0.6) is 0 Å². The van der Waals surface area contributed by atoms with Gasteiger partial charge in [0.2, 0.25) is 0 Å². The summed E-state index contributed by atoms with van der Waals surface area (Å²) in [7, 11) is 0. The molecule has 1 atom stereocenters. The fourth-order valence-electron chi connectivity index (χ4n) is 1.42. The van der Waals surface area contributed by atoms with E-state index in [-0.39, 0.29) is 22.2 Å². The van der Waals surface area contributed by atoms with Crippen LogP contribution in [0.2, 0.25) is 5.02 Å². The molecule has 1 aromatic carbocycles. The second kappa shape index (κ2) is 6.16. The number of nitro groups is 1. The highest BCUT2D eigenvalue weighted by Gasteiger charge is 2.23. The maximum absolute atomic E-state index is 12.0. The van der Waals surface area contributed by atoms with Crippen LogP contribution in [0.25, 0.3) is 0 Å². The van der Waals surface area contributed by atoms with Gasteiger partial charge in [0.1, 0.15) is 11.6 Å². The minimum absolute atomic E-state index is 0.104. The Bertz CT molecular complexity index is 552. The first kappa shape index (κ1) is 14.9. The molecule has 1 rings (SSSR count). The van der Waals surface area contributed by atoms with Crippen LogP contribution in [0.4, 0.5) is 5.69 Å². The monoisotopic (exact) mass is 281 g/mol. The highest BCUT2D eigenvalue weighted by molar-refractivity contribution is 6.31. The number of carbonyl (C=O) groups excluding carboxylic acids is 1. The molecule has 7 heteroatoms. The standard InChI is InChI=1S/C12H12ClN3O3/c1-7(2)10(6-14)15-12(17)9-5-8(13)3-4-11(9)16(18)19/h3-5,7,10H,1-2H3,(H,15,17). The van der Waals surface area contributed by atoms with Gasteiger partial charge in [-0.15, -0.1) is 0 Å². The van der Waals surface area contributed by atoms with Gasteiger partial charge in [-0.2, -0.15) is 5.26 Å². The second-order valence-corrected chi connectivity index (χ2v) is 4.68. The van der Waals surface area contributed by atoms with Gasteiger partial charge in [-0.05, 0) is 18.1 Å². The molecule has 0 bridgehead atoms. The highest BCUT2D eigenvalue weighted by Crippen LogP contribution is 2.22. The molecule has 0 heterocycles. The van der Waals surface area contributed by atoms with Gasteiger partial charge >= 0.3 is 0 Å². The summed E-state index contributed by atoms with van der Waals surface area (Å²) in [5.41, 5.74) is -0.499. The van der Waals surface area contributed by atoms with E-state index in [1.807, 2.05) is 6.07 Å². The Hall–Kier alpha value is -2.13. The number of hydrogen-bond acceptors (Lipinski definition) is 4. The predicted molar refractivity (Wildman–Crippen MR) is 69.8 cm³/mol. The highest BCUT2D eigenvalue weighted by atomic mass is 35.5. The van der Waals surface area contributed by atoms with Gasteiger partial charge in [-0.3, -0.25) is 14.9 Å². The Morgan fingerprint density at radius 3 is 2.63 bits per heavy atom. The molecule has 1 aromatic rings. The number of rotatable bonds is 4. The van der Waals surface area contributed by atoms with Crippen LogP contribution in [0.15, 0.2) is 18.2 Å². The van der Waals surface area contributed by atoms with Crippen LogP contribution < -0.4 is 5.32 Å². The quantitative estimate of drug-likeness (QED) is 0.677. The molecule has 1 N–H and O–H groups in total. The minimum atomic E-state index is -0.717. The van der Waals surface area contributed by atoms with Gasteiger partial charge in [-0.1, -0.05) is 25.4 Å². The van der Waals surface area contributed by atoms with E-state index in [1.165, 1.54) is 12.1 Å². The Morgan fingerprint density at radius 2 is 2.16 bits per heavy atom. The van der Waals surface area contributed by atoms with E-state index >= 15 is 0 Å². The van der Waals surface area contributed by atoms with Crippen molar-refractivity contribution in [2.24, 2.45) is 5.92 Å². The summed E-state index contributed by atoms with van der Waals surface area (Å²) in [4.78, 5) is 22.2. The Balaban J connectivity index is 3.09. The number of amides is 1. The molecule has 0 spiro atoms. The number of nitrogens with one attached hydrogen (secondary N) is 1. The van der Waals surface area contributed by atoms with E-state index in [1.54, 1.807) is 13.8 Å². The third-order valence-electron chi connectivity index (χ3n) is 2.49. The summed E-state index contributed by atoms with van der Waals surface area (Å²) < 4.78 is 0. The Kier molecular flexibility index (Phi) is 4.84. The largest absolute Gasteiger partial charge is 0.336 e. The number of hydrogen-bond donors (Lipinski definition) is 1. The molecule has 19 heavy (non-hydrogen) atoms. The lowest BCUT2D eigenvalue weighted by Gasteiger charge is -2.14.